The second-order valence-electron chi connectivity index (χ2n) is 11.5. The molecule has 3 aromatic rings. The topological polar surface area (TPSA) is 46.3 Å². The molecule has 1 saturated carbocycles. The van der Waals surface area contributed by atoms with Crippen LogP contribution in [0.4, 0.5) is 0 Å². The van der Waals surface area contributed by atoms with Gasteiger partial charge >= 0.3 is 0 Å². The molecule has 3 aliphatic heterocycles. The van der Waals surface area contributed by atoms with Crippen molar-refractivity contribution < 1.29 is 26.5 Å². The Morgan fingerprint density at radius 1 is 0.919 bits per heavy atom. The Morgan fingerprint density at radius 3 is 2.30 bits per heavy atom. The molecule has 4 aliphatic rings. The zero-order chi connectivity index (χ0) is 24.4. The molecule has 6 heteroatoms. The maximum absolute atomic E-state index is 12.2. The number of halogens is 1. The van der Waals surface area contributed by atoms with E-state index in [1.165, 1.54) is 62.4 Å². The lowest BCUT2D eigenvalue weighted by Crippen LogP contribution is -3.00. The van der Waals surface area contributed by atoms with Gasteiger partial charge in [-0.05, 0) is 42.4 Å². The molecule has 2 atom stereocenters. The molecule has 1 aromatic heterocycles. The highest BCUT2D eigenvalue weighted by molar-refractivity contribution is 7.99. The lowest BCUT2D eigenvalue weighted by atomic mass is 9.71. The van der Waals surface area contributed by atoms with Crippen molar-refractivity contribution in [1.29, 1.82) is 0 Å². The number of aliphatic hydroxyl groups is 1. The average molecular weight is 539 g/mol. The number of thioether (sulfide) groups is 1. The number of nitrogens with zero attached hydrogens (tertiary/aromatic N) is 2. The van der Waals surface area contributed by atoms with Gasteiger partial charge in [0.15, 0.2) is 5.76 Å². The zero-order valence-electron chi connectivity index (χ0n) is 21.6. The van der Waals surface area contributed by atoms with Crippen LogP contribution in [0.3, 0.4) is 0 Å². The molecule has 0 amide bonds. The Morgan fingerprint density at radius 2 is 1.59 bits per heavy atom. The maximum atomic E-state index is 12.2. The van der Waals surface area contributed by atoms with Crippen LogP contribution in [0.5, 0.6) is 0 Å². The molecule has 7 rings (SSSR count). The van der Waals surface area contributed by atoms with Crippen molar-refractivity contribution in [3.8, 4) is 0 Å². The highest BCUT2D eigenvalue weighted by atomic mass is 35.5. The van der Waals surface area contributed by atoms with Crippen LogP contribution < -0.4 is 12.4 Å². The lowest BCUT2D eigenvalue weighted by molar-refractivity contribution is -0.959. The molecule has 1 aliphatic carbocycles. The van der Waals surface area contributed by atoms with Crippen LogP contribution in [0.2, 0.25) is 0 Å². The van der Waals surface area contributed by atoms with Crippen molar-refractivity contribution in [1.82, 2.24) is 5.16 Å². The van der Waals surface area contributed by atoms with Gasteiger partial charge < -0.3 is 26.5 Å². The molecular formula is C31H39ClN2O2S. The molecule has 1 N–H and O–H groups in total. The number of aromatic nitrogens is 1. The summed E-state index contributed by atoms with van der Waals surface area (Å²) >= 11 is 2.01. The van der Waals surface area contributed by atoms with E-state index in [1.807, 2.05) is 30.0 Å². The van der Waals surface area contributed by atoms with Crippen LogP contribution in [-0.2, 0) is 12.1 Å². The van der Waals surface area contributed by atoms with Gasteiger partial charge in [0.2, 0.25) is 0 Å². The number of hydrogen-bond donors (Lipinski definition) is 1. The Kier molecular flexibility index (Phi) is 8.35. The normalized spacial score (nSPS) is 27.4. The monoisotopic (exact) mass is 538 g/mol. The quantitative estimate of drug-likeness (QED) is 0.351. The van der Waals surface area contributed by atoms with E-state index in [2.05, 4.69) is 53.7 Å². The summed E-state index contributed by atoms with van der Waals surface area (Å²) in [6.07, 6.45) is 8.32. The van der Waals surface area contributed by atoms with E-state index in [0.717, 1.165) is 47.0 Å². The molecule has 4 fully saturated rings. The van der Waals surface area contributed by atoms with Gasteiger partial charge in [-0.25, -0.2) is 0 Å². The second kappa shape index (κ2) is 11.5. The summed E-state index contributed by atoms with van der Waals surface area (Å²) in [5, 5.41) is 16.8. The first kappa shape index (κ1) is 26.8. The molecule has 3 saturated heterocycles. The van der Waals surface area contributed by atoms with E-state index in [9.17, 15) is 5.11 Å². The minimum Gasteiger partial charge on any atom is -1.00 e. The first-order chi connectivity index (χ1) is 17.6. The maximum Gasteiger partial charge on any atom is 0.191 e. The van der Waals surface area contributed by atoms with Crippen molar-refractivity contribution >= 4 is 11.8 Å². The highest BCUT2D eigenvalue weighted by Gasteiger charge is 2.47. The summed E-state index contributed by atoms with van der Waals surface area (Å²) < 4.78 is 7.11. The third kappa shape index (κ3) is 5.52. The minimum absolute atomic E-state index is 0. The Labute approximate surface area is 231 Å². The van der Waals surface area contributed by atoms with Gasteiger partial charge in [-0.3, -0.25) is 0 Å². The van der Waals surface area contributed by atoms with Crippen LogP contribution in [0.1, 0.15) is 62.0 Å². The Balaban J connectivity index is 0.00000280. The number of quaternary nitrogens is 1. The smallest absolute Gasteiger partial charge is 0.191 e. The second-order valence-corrected chi connectivity index (χ2v) is 12.6. The fraction of sp³-hybridized carbons (Fsp3) is 0.516. The molecule has 198 valence electrons. The largest absolute Gasteiger partial charge is 1.00 e. The zero-order valence-corrected chi connectivity index (χ0v) is 23.2. The fourth-order valence-electron chi connectivity index (χ4n) is 7.27. The number of piperidine rings is 3. The van der Waals surface area contributed by atoms with Crippen LogP contribution in [0.25, 0.3) is 0 Å². The summed E-state index contributed by atoms with van der Waals surface area (Å²) in [6, 6.07) is 23.1. The summed E-state index contributed by atoms with van der Waals surface area (Å²) in [4.78, 5) is 1.38. The number of benzene rings is 2. The molecule has 2 bridgehead atoms. The molecule has 2 unspecified atom stereocenters. The van der Waals surface area contributed by atoms with Crippen molar-refractivity contribution in [2.45, 2.75) is 62.0 Å². The van der Waals surface area contributed by atoms with Crippen LogP contribution in [-0.4, -0.2) is 40.1 Å². The molecule has 4 nitrogen and oxygen atoms in total. The van der Waals surface area contributed by atoms with Gasteiger partial charge in [-0.1, -0.05) is 73.0 Å². The molecule has 0 spiro atoms. The molecule has 4 heterocycles. The first-order valence-electron chi connectivity index (χ1n) is 13.9. The van der Waals surface area contributed by atoms with Crippen LogP contribution in [0.15, 0.2) is 76.1 Å². The van der Waals surface area contributed by atoms with E-state index in [1.54, 1.807) is 0 Å². The molecule has 0 radical (unpaired) electrons. The van der Waals surface area contributed by atoms with Crippen molar-refractivity contribution in [3.63, 3.8) is 0 Å². The minimum atomic E-state index is -1.08. The first-order valence-corrected chi connectivity index (χ1v) is 14.9. The summed E-state index contributed by atoms with van der Waals surface area (Å²) in [5.41, 5.74) is 0.574. The average Bonchev–Trinajstić information content (AvgIpc) is 3.42. The molecular weight excluding hydrogens is 500 g/mol. The highest BCUT2D eigenvalue weighted by Crippen LogP contribution is 2.45. The third-order valence-corrected chi connectivity index (χ3v) is 10.5. The van der Waals surface area contributed by atoms with Gasteiger partial charge in [0.25, 0.3) is 0 Å². The van der Waals surface area contributed by atoms with Gasteiger partial charge in [0.1, 0.15) is 17.8 Å². The van der Waals surface area contributed by atoms with Crippen LogP contribution >= 0.6 is 11.8 Å². The van der Waals surface area contributed by atoms with Gasteiger partial charge in [-0.2, -0.15) is 0 Å². The van der Waals surface area contributed by atoms with Gasteiger partial charge in [-0.15, -0.1) is 11.8 Å². The van der Waals surface area contributed by atoms with Crippen LogP contribution in [0, 0.1) is 17.8 Å². The number of fused-ring (bicyclic) bond motifs is 3. The standard InChI is InChI=1S/C31H39N2O2S.ClH/c34-31(26-10-4-1-5-11-26,27-12-6-2-7-13-27)30-20-28(35-32-30)22-33-18-16-24(17-19-33)25(21-33)23-36-29-14-8-3-9-15-29;/h1,3-5,8-11,14-15,20,24-25,27,34H,2,6-7,12-13,16-19,21-23H2;1H/q+1;/p-1. The Hall–Kier alpha value is -1.79. The lowest BCUT2D eigenvalue weighted by Gasteiger charge is -2.52. The van der Waals surface area contributed by atoms with Gasteiger partial charge in [0.05, 0.1) is 19.6 Å². The van der Waals surface area contributed by atoms with Crippen molar-refractivity contribution in [2.24, 2.45) is 17.8 Å². The number of rotatable bonds is 8. The van der Waals surface area contributed by atoms with E-state index in [4.69, 9.17) is 4.52 Å². The van der Waals surface area contributed by atoms with Gasteiger partial charge in [0, 0.05) is 35.5 Å². The van der Waals surface area contributed by atoms with E-state index in [0.29, 0.717) is 5.69 Å². The Bertz CT molecular complexity index is 1130. The number of hydrogen-bond acceptors (Lipinski definition) is 4. The predicted octanol–water partition coefficient (Wildman–Crippen LogP) is 3.64. The van der Waals surface area contributed by atoms with E-state index in [-0.39, 0.29) is 18.3 Å². The molecule has 2 aromatic carbocycles. The molecule has 37 heavy (non-hydrogen) atoms. The predicted molar refractivity (Wildman–Crippen MR) is 144 cm³/mol. The third-order valence-electron chi connectivity index (χ3n) is 9.29. The summed E-state index contributed by atoms with van der Waals surface area (Å²) in [5.74, 6) is 3.93. The van der Waals surface area contributed by atoms with E-state index >= 15 is 0 Å². The fourth-order valence-corrected chi connectivity index (χ4v) is 8.40. The van der Waals surface area contributed by atoms with E-state index < -0.39 is 5.60 Å². The van der Waals surface area contributed by atoms with Crippen molar-refractivity contribution in [2.75, 3.05) is 25.4 Å². The SMILES string of the molecule is OC(c1ccccc1)(c1cc(C[N+]23CCC(CC2)C(CSc2ccccc2)C3)on1)C1CCCCC1.[Cl-]. The summed E-state index contributed by atoms with van der Waals surface area (Å²) in [7, 11) is 0. The van der Waals surface area contributed by atoms with Crippen molar-refractivity contribution in [3.05, 3.63) is 83.7 Å². The summed E-state index contributed by atoms with van der Waals surface area (Å²) in [6.45, 7) is 4.59.